The average molecular weight is 840 g/mol. The first-order valence-electron chi connectivity index (χ1n) is 23.7. The molecule has 0 heterocycles. The maximum absolute atomic E-state index is 14.2. The Hall–Kier alpha value is -0.986. The number of hydrogen-bond acceptors (Lipinski definition) is 6. The molecule has 0 amide bonds. The summed E-state index contributed by atoms with van der Waals surface area (Å²) in [7, 11) is -4.50. The molecule has 56 heavy (non-hydrogen) atoms. The summed E-state index contributed by atoms with van der Waals surface area (Å²) in [6.45, 7) is 14.0. The van der Waals surface area contributed by atoms with Crippen LogP contribution >= 0.6 is 0 Å². The number of Topliss-reactive ketones (excluding diaryl/α,β-unsaturated/α-hetero) is 1. The van der Waals surface area contributed by atoms with Crippen LogP contribution in [0.3, 0.4) is 0 Å². The minimum absolute atomic E-state index is 0.0180. The van der Waals surface area contributed by atoms with Gasteiger partial charge in [-0.15, -0.1) is 0 Å². The number of hydrogen-bond donors (Lipinski definition) is 0. The van der Waals surface area contributed by atoms with E-state index < -0.39 is 27.5 Å². The van der Waals surface area contributed by atoms with E-state index in [9.17, 15) is 16.5 Å². The van der Waals surface area contributed by atoms with Gasteiger partial charge in [0.2, 0.25) is 0 Å². The van der Waals surface area contributed by atoms with Crippen molar-refractivity contribution in [1.82, 2.24) is 0 Å². The average Bonchev–Trinajstić information content (AvgIpc) is 3.17. The maximum atomic E-state index is 14.2. The Morgan fingerprint density at radius 2 is 0.857 bits per heavy atom. The molecule has 1 unspecified atom stereocenters. The summed E-state index contributed by atoms with van der Waals surface area (Å²) in [5.41, 5.74) is 2.54. The molecule has 1 aliphatic carbocycles. The first kappa shape index (κ1) is 53.0. The molecule has 6 nitrogen and oxygen atoms in total. The molecule has 1 atom stereocenters. The van der Waals surface area contributed by atoms with E-state index in [0.717, 1.165) is 68.1 Å². The Balaban J connectivity index is 3.26. The van der Waals surface area contributed by atoms with Crippen LogP contribution in [-0.2, 0) is 41.7 Å². The molecule has 0 aromatic carbocycles. The Bertz CT molecular complexity index is 1270. The van der Waals surface area contributed by atoms with Gasteiger partial charge in [-0.25, -0.2) is 0 Å². The van der Waals surface area contributed by atoms with Gasteiger partial charge in [-0.05, 0) is 0 Å². The van der Waals surface area contributed by atoms with Gasteiger partial charge in [0.05, 0.1) is 0 Å². The molecular formula is C48H87O6STi. The van der Waals surface area contributed by atoms with E-state index in [-0.39, 0.29) is 28.4 Å². The first-order valence-corrected chi connectivity index (χ1v) is 28.1. The van der Waals surface area contributed by atoms with Crippen LogP contribution in [-0.4, -0.2) is 20.8 Å². The molecule has 0 saturated carbocycles. The zero-order valence-electron chi connectivity index (χ0n) is 36.9. The fraction of sp³-hybridized carbons (Fsp3) is 0.812. The van der Waals surface area contributed by atoms with Crippen LogP contribution in [0.1, 0.15) is 239 Å². The standard InChI is InChI=1S/C42H78O4S.C3H5O.C3H5.O.Ti/c1-4-7-10-13-16-19-22-25-28-31-34-38-39(35-32-29-26-23-20-17-14-11-8-5-2)41(43)37-42(47(44,45)46)40(38)36-33-30-27-24-21-18-15-12-9-6-3;1-2-3-4;1-3-2;;/h4-37H2,1-3H3,(H,44,45,46);2H,1,3H2;3H,1-2H2;;/q;-1;;;+2/p-1. The Kier molecular flexibility index (Phi) is 33.0. The van der Waals surface area contributed by atoms with Crippen LogP contribution in [0, 0.1) is 0 Å². The molecule has 0 aromatic rings. The number of carbonyl (C=O) groups is 1. The van der Waals surface area contributed by atoms with Gasteiger partial charge >= 0.3 is 255 Å². The van der Waals surface area contributed by atoms with E-state index in [4.69, 9.17) is 6.08 Å². The topological polar surface area (TPSA) is 86.7 Å². The molecular weight excluding hydrogens is 752 g/mol. The van der Waals surface area contributed by atoms with E-state index >= 15 is 0 Å². The van der Waals surface area contributed by atoms with Crippen molar-refractivity contribution in [3.8, 4) is 0 Å². The number of rotatable bonds is 41. The summed E-state index contributed by atoms with van der Waals surface area (Å²) in [6, 6.07) is 0. The molecule has 0 fully saturated rings. The van der Waals surface area contributed by atoms with Crippen molar-refractivity contribution in [1.29, 1.82) is 0 Å². The van der Waals surface area contributed by atoms with Crippen LogP contribution < -0.4 is 0 Å². The third-order valence-corrected chi connectivity index (χ3v) is 17.3. The van der Waals surface area contributed by atoms with Crippen LogP contribution in [0.5, 0.6) is 0 Å². The van der Waals surface area contributed by atoms with Gasteiger partial charge in [-0.1, -0.05) is 97.8 Å². The molecule has 0 radical (unpaired) electrons. The number of unbranched alkanes of at least 4 members (excludes halogenated alkanes) is 27. The summed E-state index contributed by atoms with van der Waals surface area (Å²) in [6.07, 6.45) is 40.9. The molecule has 1 aliphatic rings. The van der Waals surface area contributed by atoms with Gasteiger partial charge in [-0.2, -0.15) is 0 Å². The summed E-state index contributed by atoms with van der Waals surface area (Å²) in [5, 5.41) is 0. The molecule has 0 spiro atoms. The summed E-state index contributed by atoms with van der Waals surface area (Å²) >= 11 is -5.05. The van der Waals surface area contributed by atoms with Crippen molar-refractivity contribution in [2.45, 2.75) is 244 Å². The SMILES string of the molecule is C=CC[O][Ti](=[O])([CH2]C=C)[O]S(=O)(=O)C1=C(CCCCCCCCCCCC)C(CCCCCCCCCCCC)=C(CCCCCCCCCCCC)C(=O)C1. The van der Waals surface area contributed by atoms with E-state index in [1.807, 2.05) is 0 Å². The van der Waals surface area contributed by atoms with Gasteiger partial charge in [0.15, 0.2) is 0 Å². The van der Waals surface area contributed by atoms with Gasteiger partial charge in [0.1, 0.15) is 0 Å². The van der Waals surface area contributed by atoms with Crippen molar-refractivity contribution in [2.24, 2.45) is 0 Å². The second-order valence-corrected chi connectivity index (χ2v) is 22.1. The summed E-state index contributed by atoms with van der Waals surface area (Å²) in [4.78, 5) is 14.1. The Morgan fingerprint density at radius 1 is 0.518 bits per heavy atom. The van der Waals surface area contributed by atoms with Crippen molar-refractivity contribution in [3.05, 3.63) is 46.9 Å². The Labute approximate surface area is 351 Å². The molecule has 0 saturated heterocycles. The second kappa shape index (κ2) is 34.8. The van der Waals surface area contributed by atoms with Crippen molar-refractivity contribution in [3.63, 3.8) is 0 Å². The predicted octanol–water partition coefficient (Wildman–Crippen LogP) is 15.9. The van der Waals surface area contributed by atoms with E-state index in [1.165, 1.54) is 153 Å². The van der Waals surface area contributed by atoms with E-state index in [1.54, 1.807) is 0 Å². The quantitative estimate of drug-likeness (QED) is 0.0346. The second-order valence-electron chi connectivity index (χ2n) is 16.6. The van der Waals surface area contributed by atoms with Crippen LogP contribution in [0.15, 0.2) is 46.9 Å². The summed E-state index contributed by atoms with van der Waals surface area (Å²) in [5.74, 6) is -0.114. The number of ketones is 1. The zero-order chi connectivity index (χ0) is 41.2. The molecule has 0 aliphatic heterocycles. The van der Waals surface area contributed by atoms with Crippen molar-refractivity contribution >= 4 is 15.9 Å². The monoisotopic (exact) mass is 840 g/mol. The normalized spacial score (nSPS) is 14.8. The molecule has 0 N–H and O–H groups in total. The molecule has 0 bridgehead atoms. The summed E-state index contributed by atoms with van der Waals surface area (Å²) < 4.78 is 52.9. The number of carbonyl (C=O) groups excluding carboxylic acids is 1. The first-order chi connectivity index (χ1) is 27.2. The van der Waals surface area contributed by atoms with Gasteiger partial charge in [0.25, 0.3) is 0 Å². The minimum atomic E-state index is -5.05. The van der Waals surface area contributed by atoms with Gasteiger partial charge < -0.3 is 0 Å². The fourth-order valence-electron chi connectivity index (χ4n) is 8.06. The van der Waals surface area contributed by atoms with Crippen molar-refractivity contribution < 1.29 is 40.0 Å². The van der Waals surface area contributed by atoms with Crippen molar-refractivity contribution in [2.75, 3.05) is 6.61 Å². The predicted molar refractivity (Wildman–Crippen MR) is 235 cm³/mol. The third kappa shape index (κ3) is 24.8. The van der Waals surface area contributed by atoms with Gasteiger partial charge in [0, 0.05) is 0 Å². The fourth-order valence-corrected chi connectivity index (χ4v) is 13.3. The zero-order valence-corrected chi connectivity index (χ0v) is 39.3. The molecule has 1 rings (SSSR count). The molecule has 325 valence electrons. The van der Waals surface area contributed by atoms with E-state index in [2.05, 4.69) is 33.9 Å². The van der Waals surface area contributed by atoms with Crippen LogP contribution in [0.4, 0.5) is 0 Å². The molecule has 0 aromatic heterocycles. The van der Waals surface area contributed by atoms with E-state index in [0.29, 0.717) is 19.3 Å². The Morgan fingerprint density at radius 3 is 1.21 bits per heavy atom. The molecule has 8 heteroatoms. The van der Waals surface area contributed by atoms with Gasteiger partial charge in [-0.3, -0.25) is 0 Å². The van der Waals surface area contributed by atoms with Crippen LogP contribution in [0.25, 0.3) is 0 Å². The van der Waals surface area contributed by atoms with Crippen LogP contribution in [0.2, 0.25) is 4.73 Å². The third-order valence-electron chi connectivity index (χ3n) is 11.4. The number of allylic oxidation sites excluding steroid dienone is 5.